The van der Waals surface area contributed by atoms with E-state index in [2.05, 4.69) is 10.6 Å². The van der Waals surface area contributed by atoms with E-state index in [9.17, 15) is 14.4 Å². The minimum absolute atomic E-state index is 0.0167. The molecule has 0 unspecified atom stereocenters. The van der Waals surface area contributed by atoms with E-state index in [1.165, 1.54) is 0 Å². The Labute approximate surface area is 152 Å². The van der Waals surface area contributed by atoms with Gasteiger partial charge in [0.1, 0.15) is 5.78 Å². The van der Waals surface area contributed by atoms with Gasteiger partial charge in [0.15, 0.2) is 0 Å². The van der Waals surface area contributed by atoms with Crippen molar-refractivity contribution in [3.05, 3.63) is 0 Å². The Morgan fingerprint density at radius 3 is 2.08 bits per heavy atom. The van der Waals surface area contributed by atoms with Crippen LogP contribution in [-0.4, -0.2) is 48.8 Å². The molecule has 0 aliphatic carbocycles. The van der Waals surface area contributed by atoms with Gasteiger partial charge in [0.05, 0.1) is 6.04 Å². The van der Waals surface area contributed by atoms with Gasteiger partial charge in [-0.05, 0) is 32.6 Å². The summed E-state index contributed by atoms with van der Waals surface area (Å²) in [5.41, 5.74) is 0. The molecule has 1 fully saturated rings. The third kappa shape index (κ3) is 8.36. The van der Waals surface area contributed by atoms with Gasteiger partial charge in [-0.1, -0.05) is 25.7 Å². The van der Waals surface area contributed by atoms with E-state index in [1.54, 1.807) is 11.9 Å². The van der Waals surface area contributed by atoms with Crippen LogP contribution in [0.2, 0.25) is 0 Å². The number of unbranched alkanes of at least 4 members (excludes halogenated alkanes) is 5. The van der Waals surface area contributed by atoms with Crippen LogP contribution in [0, 0.1) is 0 Å². The number of urea groups is 1. The summed E-state index contributed by atoms with van der Waals surface area (Å²) < 4.78 is 0. The van der Waals surface area contributed by atoms with Crippen molar-refractivity contribution in [2.24, 2.45) is 0 Å². The van der Waals surface area contributed by atoms with Crippen LogP contribution in [0.1, 0.15) is 77.6 Å². The van der Waals surface area contributed by atoms with Crippen molar-refractivity contribution >= 4 is 17.7 Å². The number of amides is 3. The lowest BCUT2D eigenvalue weighted by Crippen LogP contribution is -2.32. The van der Waals surface area contributed by atoms with E-state index in [0.29, 0.717) is 25.0 Å². The molecule has 0 bridgehead atoms. The molecule has 1 heterocycles. The van der Waals surface area contributed by atoms with E-state index in [1.807, 2.05) is 14.0 Å². The maximum Gasteiger partial charge on any atom is 0.317 e. The fourth-order valence-electron chi connectivity index (χ4n) is 3.39. The van der Waals surface area contributed by atoms with Crippen LogP contribution in [0.25, 0.3) is 0 Å². The van der Waals surface area contributed by atoms with Crippen molar-refractivity contribution in [2.75, 3.05) is 14.1 Å². The minimum atomic E-state index is 0.0167. The summed E-state index contributed by atoms with van der Waals surface area (Å²) in [5, 5.41) is 5.55. The van der Waals surface area contributed by atoms with Crippen LogP contribution in [0.4, 0.5) is 4.79 Å². The first-order chi connectivity index (χ1) is 12.0. The van der Waals surface area contributed by atoms with Crippen LogP contribution in [-0.2, 0) is 9.59 Å². The summed E-state index contributed by atoms with van der Waals surface area (Å²) in [6.07, 6.45) is 9.84. The van der Waals surface area contributed by atoms with Crippen LogP contribution in [0.5, 0.6) is 0 Å². The van der Waals surface area contributed by atoms with Gasteiger partial charge >= 0.3 is 6.03 Å². The summed E-state index contributed by atoms with van der Waals surface area (Å²) in [5.74, 6) is 0.448. The van der Waals surface area contributed by atoms with Crippen molar-refractivity contribution in [2.45, 2.75) is 89.6 Å². The Bertz CT molecular complexity index is 440. The molecule has 0 aromatic heterocycles. The third-order valence-corrected chi connectivity index (χ3v) is 5.09. The van der Waals surface area contributed by atoms with Crippen molar-refractivity contribution in [3.63, 3.8) is 0 Å². The average molecular weight is 354 g/mol. The van der Waals surface area contributed by atoms with E-state index in [0.717, 1.165) is 51.4 Å². The zero-order valence-corrected chi connectivity index (χ0v) is 16.1. The van der Waals surface area contributed by atoms with Gasteiger partial charge in [0.25, 0.3) is 0 Å². The van der Waals surface area contributed by atoms with Crippen molar-refractivity contribution in [1.82, 2.24) is 15.5 Å². The third-order valence-electron chi connectivity index (χ3n) is 5.09. The second-order valence-corrected chi connectivity index (χ2v) is 7.14. The predicted molar refractivity (Wildman–Crippen MR) is 99.4 cm³/mol. The highest BCUT2D eigenvalue weighted by atomic mass is 16.2. The second-order valence-electron chi connectivity index (χ2n) is 7.14. The molecule has 2 atom stereocenters. The number of nitrogens with zero attached hydrogens (tertiary/aromatic N) is 1. The first-order valence-electron chi connectivity index (χ1n) is 9.71. The molecule has 0 spiro atoms. The molecule has 0 aromatic rings. The molecular formula is C19H35N3O3. The van der Waals surface area contributed by atoms with Crippen LogP contribution in [0.15, 0.2) is 0 Å². The van der Waals surface area contributed by atoms with Crippen molar-refractivity contribution in [3.8, 4) is 0 Å². The Morgan fingerprint density at radius 1 is 1.00 bits per heavy atom. The van der Waals surface area contributed by atoms with E-state index >= 15 is 0 Å². The van der Waals surface area contributed by atoms with Crippen LogP contribution < -0.4 is 10.6 Å². The first kappa shape index (κ1) is 21.5. The van der Waals surface area contributed by atoms with Gasteiger partial charge in [0, 0.05) is 39.4 Å². The van der Waals surface area contributed by atoms with Gasteiger partial charge in [-0.15, -0.1) is 0 Å². The van der Waals surface area contributed by atoms with Crippen molar-refractivity contribution in [1.29, 1.82) is 0 Å². The lowest BCUT2D eigenvalue weighted by atomic mass is 10.0. The maximum atomic E-state index is 11.9. The highest BCUT2D eigenvalue weighted by molar-refractivity contribution is 5.78. The summed E-state index contributed by atoms with van der Waals surface area (Å²) in [6, 6.07) is 0.503. The SMILES string of the molecule is CNC(=O)CCCCCCC(=O)CCCCC[C@@H]1[C@H](C)NC(=O)N1C. The monoisotopic (exact) mass is 353 g/mol. The Balaban J connectivity index is 1.95. The standard InChI is InChI=1S/C19H35N3O3/c1-15-17(22(3)19(25)21-15)13-9-6-8-12-16(23)11-7-4-5-10-14-18(24)20-2/h15,17H,4-14H2,1-3H3,(H,20,24)(H,21,25)/t15-,17+/m0/s1. The van der Waals surface area contributed by atoms with Crippen LogP contribution in [0.3, 0.4) is 0 Å². The summed E-state index contributed by atoms with van der Waals surface area (Å²) in [7, 11) is 3.51. The number of nitrogens with one attached hydrogen (secondary N) is 2. The van der Waals surface area contributed by atoms with Gasteiger partial charge < -0.3 is 15.5 Å². The number of hydrogen-bond acceptors (Lipinski definition) is 3. The van der Waals surface area contributed by atoms with E-state index in [4.69, 9.17) is 0 Å². The molecule has 1 rings (SSSR count). The highest BCUT2D eigenvalue weighted by Crippen LogP contribution is 2.18. The smallest absolute Gasteiger partial charge is 0.317 e. The van der Waals surface area contributed by atoms with E-state index in [-0.39, 0.29) is 24.0 Å². The number of carbonyl (C=O) groups excluding carboxylic acids is 3. The zero-order valence-electron chi connectivity index (χ0n) is 16.1. The van der Waals surface area contributed by atoms with Gasteiger partial charge in [-0.3, -0.25) is 9.59 Å². The average Bonchev–Trinajstić information content (AvgIpc) is 2.83. The number of carbonyl (C=O) groups is 3. The van der Waals surface area contributed by atoms with Gasteiger partial charge in [-0.2, -0.15) is 0 Å². The molecule has 1 aliphatic heterocycles. The quantitative estimate of drug-likeness (QED) is 0.500. The summed E-state index contributed by atoms with van der Waals surface area (Å²) in [4.78, 5) is 36.3. The fourth-order valence-corrected chi connectivity index (χ4v) is 3.39. The number of rotatable bonds is 13. The largest absolute Gasteiger partial charge is 0.359 e. The summed E-state index contributed by atoms with van der Waals surface area (Å²) in [6.45, 7) is 2.05. The molecule has 6 heteroatoms. The molecular weight excluding hydrogens is 318 g/mol. The number of likely N-dealkylation sites (N-methyl/N-ethyl adjacent to an activating group) is 1. The number of ketones is 1. The molecule has 0 radical (unpaired) electrons. The Kier molecular flexibility index (Phi) is 10.2. The normalized spacial score (nSPS) is 19.8. The van der Waals surface area contributed by atoms with Gasteiger partial charge in [-0.25, -0.2) is 4.79 Å². The first-order valence-corrected chi connectivity index (χ1v) is 9.71. The molecule has 2 N–H and O–H groups in total. The van der Waals surface area contributed by atoms with Crippen molar-refractivity contribution < 1.29 is 14.4 Å². The maximum absolute atomic E-state index is 11.9. The Hall–Kier alpha value is -1.59. The Morgan fingerprint density at radius 2 is 1.56 bits per heavy atom. The molecule has 144 valence electrons. The summed E-state index contributed by atoms with van der Waals surface area (Å²) >= 11 is 0. The minimum Gasteiger partial charge on any atom is -0.359 e. The molecule has 25 heavy (non-hydrogen) atoms. The molecule has 3 amide bonds. The molecule has 1 aliphatic rings. The van der Waals surface area contributed by atoms with Gasteiger partial charge in [0.2, 0.25) is 5.91 Å². The number of Topliss-reactive ketones (excluding diaryl/α,β-unsaturated/α-hetero) is 1. The zero-order chi connectivity index (χ0) is 18.7. The van der Waals surface area contributed by atoms with Crippen LogP contribution >= 0.6 is 0 Å². The topological polar surface area (TPSA) is 78.5 Å². The lowest BCUT2D eigenvalue weighted by molar-refractivity contribution is -0.121. The fraction of sp³-hybridized carbons (Fsp3) is 0.842. The highest BCUT2D eigenvalue weighted by Gasteiger charge is 2.32. The molecule has 0 aromatic carbocycles. The second kappa shape index (κ2) is 11.9. The lowest BCUT2D eigenvalue weighted by Gasteiger charge is -2.20. The predicted octanol–water partition coefficient (Wildman–Crippen LogP) is 3.00. The molecule has 1 saturated heterocycles. The number of hydrogen-bond donors (Lipinski definition) is 2. The molecule has 6 nitrogen and oxygen atoms in total. The molecule has 0 saturated carbocycles. The van der Waals surface area contributed by atoms with E-state index < -0.39 is 0 Å².